The van der Waals surface area contributed by atoms with Gasteiger partial charge in [0.15, 0.2) is 18.4 Å². The lowest BCUT2D eigenvalue weighted by molar-refractivity contribution is -0.347. The van der Waals surface area contributed by atoms with Gasteiger partial charge in [0.2, 0.25) is 0 Å². The smallest absolute Gasteiger partial charge is 0.411 e. The number of ether oxygens (including phenoxy) is 3. The molecule has 2 bridgehead atoms. The van der Waals surface area contributed by atoms with E-state index in [1.165, 1.54) is 25.9 Å². The van der Waals surface area contributed by atoms with E-state index in [1.807, 2.05) is 6.07 Å². The third-order valence-electron chi connectivity index (χ3n) is 4.63. The Morgan fingerprint density at radius 1 is 1.03 bits per heavy atom. The van der Waals surface area contributed by atoms with Crippen LogP contribution in [0.1, 0.15) is 19.4 Å². The van der Waals surface area contributed by atoms with Crippen molar-refractivity contribution in [2.45, 2.75) is 44.7 Å². The summed E-state index contributed by atoms with van der Waals surface area (Å²) in [6, 6.07) is 8.98. The van der Waals surface area contributed by atoms with Gasteiger partial charge in [-0.15, -0.1) is 0 Å². The third-order valence-corrected chi connectivity index (χ3v) is 4.63. The number of benzene rings is 1. The molecule has 1 aromatic rings. The van der Waals surface area contributed by atoms with Crippen LogP contribution in [-0.2, 0) is 39.9 Å². The molecule has 156 valence electrons. The maximum atomic E-state index is 12.9. The highest BCUT2D eigenvalue weighted by Crippen LogP contribution is 2.35. The first-order valence-corrected chi connectivity index (χ1v) is 9.03. The van der Waals surface area contributed by atoms with E-state index in [9.17, 15) is 19.2 Å². The quantitative estimate of drug-likeness (QED) is 0.529. The van der Waals surface area contributed by atoms with Gasteiger partial charge in [-0.2, -0.15) is 5.06 Å². The molecule has 0 N–H and O–H groups in total. The molecule has 0 aliphatic carbocycles. The summed E-state index contributed by atoms with van der Waals surface area (Å²) in [6.45, 7) is 2.40. The van der Waals surface area contributed by atoms with Crippen LogP contribution in [0.3, 0.4) is 0 Å². The van der Waals surface area contributed by atoms with Crippen molar-refractivity contribution >= 4 is 23.9 Å². The summed E-state index contributed by atoms with van der Waals surface area (Å²) in [6.07, 6.45) is -4.86. The van der Waals surface area contributed by atoms with Crippen molar-refractivity contribution in [3.8, 4) is 0 Å². The summed E-state index contributed by atoms with van der Waals surface area (Å²) in [7, 11) is 1.20. The molecule has 3 aliphatic rings. The molecule has 4 rings (SSSR count). The number of piperidine rings is 1. The Morgan fingerprint density at radius 3 is 2.24 bits per heavy atom. The van der Waals surface area contributed by atoms with E-state index >= 15 is 0 Å². The molecule has 0 saturated carbocycles. The van der Waals surface area contributed by atoms with Crippen LogP contribution in [0.4, 0.5) is 4.79 Å². The van der Waals surface area contributed by atoms with Crippen LogP contribution in [0.5, 0.6) is 0 Å². The highest BCUT2D eigenvalue weighted by atomic mass is 16.7. The van der Waals surface area contributed by atoms with Crippen LogP contribution in [0.25, 0.3) is 0 Å². The molecular formula is C19H22N2O8. The fraction of sp³-hybridized carbons (Fsp3) is 0.474. The van der Waals surface area contributed by atoms with Gasteiger partial charge in [0, 0.05) is 13.8 Å². The van der Waals surface area contributed by atoms with Crippen molar-refractivity contribution in [3.05, 3.63) is 35.9 Å². The molecule has 3 saturated heterocycles. The van der Waals surface area contributed by atoms with Crippen LogP contribution in [0, 0.1) is 0 Å². The van der Waals surface area contributed by atoms with Gasteiger partial charge in [0.1, 0.15) is 6.10 Å². The molecule has 0 spiro atoms. The molecule has 10 heteroatoms. The Balaban J connectivity index is 1.93. The van der Waals surface area contributed by atoms with Gasteiger partial charge >= 0.3 is 18.0 Å². The summed E-state index contributed by atoms with van der Waals surface area (Å²) in [5, 5.41) is 1.01. The lowest BCUT2D eigenvalue weighted by Gasteiger charge is -2.55. The zero-order valence-corrected chi connectivity index (χ0v) is 16.3. The van der Waals surface area contributed by atoms with Crippen molar-refractivity contribution in [2.24, 2.45) is 0 Å². The first-order chi connectivity index (χ1) is 13.8. The van der Waals surface area contributed by atoms with E-state index in [4.69, 9.17) is 19.0 Å². The molecule has 2 amide bonds. The monoisotopic (exact) mass is 406 g/mol. The molecule has 0 radical (unpaired) electrons. The Hall–Kier alpha value is -3.14. The number of carbonyl (C=O) groups is 4. The Kier molecular flexibility index (Phi) is 6.02. The van der Waals surface area contributed by atoms with Crippen LogP contribution in [0.2, 0.25) is 0 Å². The maximum absolute atomic E-state index is 12.9. The molecular weight excluding hydrogens is 384 g/mol. The fourth-order valence-electron chi connectivity index (χ4n) is 3.53. The molecule has 10 nitrogen and oxygen atoms in total. The number of carbonyl (C=O) groups excluding carboxylic acids is 4. The second kappa shape index (κ2) is 8.48. The number of esters is 2. The van der Waals surface area contributed by atoms with Gasteiger partial charge in [-0.25, -0.2) is 4.79 Å². The fourth-order valence-corrected chi connectivity index (χ4v) is 3.53. The summed E-state index contributed by atoms with van der Waals surface area (Å²) in [5.74, 6) is -1.70. The van der Waals surface area contributed by atoms with Gasteiger partial charge in [-0.1, -0.05) is 30.3 Å². The van der Waals surface area contributed by atoms with Crippen LogP contribution in [-0.4, -0.2) is 72.0 Å². The number of methoxy groups -OCH3 is 1. The minimum Gasteiger partial charge on any atom is -0.455 e. The lowest BCUT2D eigenvalue weighted by atomic mass is 9.95. The van der Waals surface area contributed by atoms with Crippen LogP contribution in [0.15, 0.2) is 30.3 Å². The molecule has 0 aromatic heterocycles. The average Bonchev–Trinajstić information content (AvgIpc) is 2.69. The van der Waals surface area contributed by atoms with Crippen LogP contribution < -0.4 is 0 Å². The number of fused-ring (bicyclic) bond motifs is 3. The lowest BCUT2D eigenvalue weighted by Crippen LogP contribution is -2.76. The molecule has 1 aromatic carbocycles. The average molecular weight is 406 g/mol. The highest BCUT2D eigenvalue weighted by molar-refractivity contribution is 5.79. The second-order valence-electron chi connectivity index (χ2n) is 6.71. The summed E-state index contributed by atoms with van der Waals surface area (Å²) < 4.78 is 15.4. The minimum absolute atomic E-state index is 0.00215. The van der Waals surface area contributed by atoms with Crippen molar-refractivity contribution in [2.75, 3.05) is 13.7 Å². The number of rotatable bonds is 4. The summed E-state index contributed by atoms with van der Waals surface area (Å²) >= 11 is 0. The second-order valence-corrected chi connectivity index (χ2v) is 6.71. The largest absolute Gasteiger partial charge is 0.455 e. The van der Waals surface area contributed by atoms with E-state index in [1.54, 1.807) is 24.3 Å². The highest BCUT2D eigenvalue weighted by Gasteiger charge is 2.59. The zero-order chi connectivity index (χ0) is 21.1. The molecule has 3 aliphatic heterocycles. The van der Waals surface area contributed by atoms with Gasteiger partial charge in [-0.3, -0.25) is 24.1 Å². The molecule has 0 unspecified atom stereocenters. The number of hydrogen-bond acceptors (Lipinski definition) is 8. The Morgan fingerprint density at radius 2 is 1.66 bits per heavy atom. The summed E-state index contributed by atoms with van der Waals surface area (Å²) in [5.41, 5.74) is 0.743. The van der Waals surface area contributed by atoms with Gasteiger partial charge in [0.25, 0.3) is 5.91 Å². The van der Waals surface area contributed by atoms with Gasteiger partial charge < -0.3 is 14.2 Å². The number of hydrogen-bond donors (Lipinski definition) is 0. The maximum Gasteiger partial charge on any atom is 0.411 e. The molecule has 4 atom stereocenters. The van der Waals surface area contributed by atoms with Crippen molar-refractivity contribution in [3.63, 3.8) is 0 Å². The zero-order valence-electron chi connectivity index (χ0n) is 16.3. The van der Waals surface area contributed by atoms with Gasteiger partial charge in [-0.05, 0) is 5.56 Å². The minimum atomic E-state index is -1.14. The number of amides is 2. The van der Waals surface area contributed by atoms with E-state index < -0.39 is 48.4 Å². The predicted octanol–water partition coefficient (Wildman–Crippen LogP) is 0.643. The molecule has 3 fully saturated rings. The Bertz CT molecular complexity index is 799. The first kappa shape index (κ1) is 20.6. The SMILES string of the molecule is COC(=O)N1C[C@H]2ON(C(=O)Cc3ccccc3)[C@@H]1[C@@H](OC(C)=O)[C@H]2OC(C)=O. The number of hydroxylamine groups is 2. The predicted molar refractivity (Wildman–Crippen MR) is 95.9 cm³/mol. The normalized spacial score (nSPS) is 25.3. The van der Waals surface area contributed by atoms with E-state index in [0.29, 0.717) is 0 Å². The van der Waals surface area contributed by atoms with Crippen LogP contribution >= 0.6 is 0 Å². The van der Waals surface area contributed by atoms with E-state index in [0.717, 1.165) is 10.6 Å². The van der Waals surface area contributed by atoms with Crippen molar-refractivity contribution in [1.29, 1.82) is 0 Å². The molecule has 29 heavy (non-hydrogen) atoms. The van der Waals surface area contributed by atoms with E-state index in [2.05, 4.69) is 0 Å². The number of nitrogens with zero attached hydrogens (tertiary/aromatic N) is 2. The van der Waals surface area contributed by atoms with Gasteiger partial charge in [0.05, 0.1) is 20.1 Å². The standard InChI is InChI=1S/C19H22N2O8/c1-11(22)27-16-14-10-20(19(25)26-3)18(17(16)28-12(2)23)21(29-14)15(24)9-13-7-5-4-6-8-13/h4-8,14,16-18H,9-10H2,1-3H3/t14-,16+,17+,18-/m1/s1. The summed E-state index contributed by atoms with van der Waals surface area (Å²) in [4.78, 5) is 55.5. The first-order valence-electron chi connectivity index (χ1n) is 9.03. The third kappa shape index (κ3) is 4.32. The topological polar surface area (TPSA) is 112 Å². The van der Waals surface area contributed by atoms with Crippen molar-refractivity contribution < 1.29 is 38.2 Å². The van der Waals surface area contributed by atoms with E-state index in [-0.39, 0.29) is 13.0 Å². The Labute approximate surface area is 167 Å². The van der Waals surface area contributed by atoms with Crippen molar-refractivity contribution in [1.82, 2.24) is 9.96 Å². The molecule has 3 heterocycles.